The van der Waals surface area contributed by atoms with Gasteiger partial charge in [0.2, 0.25) is 16.0 Å². The first-order chi connectivity index (χ1) is 23.6. The molecule has 15 heteroatoms. The fraction of sp³-hybridized carbons (Fsp3) is 0.471. The van der Waals surface area contributed by atoms with Gasteiger partial charge in [-0.1, -0.05) is 6.92 Å². The van der Waals surface area contributed by atoms with Crippen LogP contribution in [-0.2, 0) is 16.4 Å². The summed E-state index contributed by atoms with van der Waals surface area (Å²) in [6.45, 7) is 12.0. The van der Waals surface area contributed by atoms with Crippen LogP contribution >= 0.6 is 15.9 Å². The number of hydrogen-bond donors (Lipinski definition) is 3. The molecule has 4 aromatic rings. The molecule has 2 aromatic heterocycles. The van der Waals surface area contributed by atoms with Crippen molar-refractivity contribution in [2.45, 2.75) is 51.3 Å². The molecule has 2 saturated heterocycles. The van der Waals surface area contributed by atoms with Crippen LogP contribution in [-0.4, -0.2) is 103 Å². The summed E-state index contributed by atoms with van der Waals surface area (Å²) < 4.78 is 35.1. The summed E-state index contributed by atoms with van der Waals surface area (Å²) in [5.41, 5.74) is 4.91. The Hall–Kier alpha value is -3.79. The molecule has 4 heterocycles. The maximum Gasteiger partial charge on any atom is 0.235 e. The number of benzene rings is 2. The lowest BCUT2D eigenvalue weighted by atomic mass is 9.99. The molecule has 0 radical (unpaired) electrons. The van der Waals surface area contributed by atoms with Gasteiger partial charge in [-0.15, -0.1) is 0 Å². The van der Waals surface area contributed by atoms with E-state index in [1.165, 1.54) is 17.4 Å². The number of anilines is 6. The highest BCUT2D eigenvalue weighted by Gasteiger charge is 2.28. The van der Waals surface area contributed by atoms with E-state index >= 15 is 0 Å². The van der Waals surface area contributed by atoms with Gasteiger partial charge in [-0.3, -0.25) is 19.6 Å². The number of rotatable bonds is 11. The summed E-state index contributed by atoms with van der Waals surface area (Å²) in [6.07, 6.45) is 7.91. The number of aryl methyl sites for hydroxylation is 1. The minimum absolute atomic E-state index is 0.289. The highest BCUT2D eigenvalue weighted by atomic mass is 79.9. The molecule has 6 rings (SSSR count). The van der Waals surface area contributed by atoms with Crippen LogP contribution < -0.4 is 25.0 Å². The topological polar surface area (TPSA) is 141 Å². The summed E-state index contributed by atoms with van der Waals surface area (Å²) in [7, 11) is 0.191. The number of piperidine rings is 1. The summed E-state index contributed by atoms with van der Waals surface area (Å²) >= 11 is 3.55. The van der Waals surface area contributed by atoms with E-state index in [2.05, 4.69) is 87.0 Å². The molecule has 0 saturated carbocycles. The van der Waals surface area contributed by atoms with Crippen molar-refractivity contribution >= 4 is 71.5 Å². The van der Waals surface area contributed by atoms with E-state index in [4.69, 9.17) is 9.72 Å². The Morgan fingerprint density at radius 2 is 1.71 bits per heavy atom. The zero-order valence-electron chi connectivity index (χ0n) is 28.7. The molecule has 0 bridgehead atoms. The molecule has 2 fully saturated rings. The number of halogens is 1. The fourth-order valence-corrected chi connectivity index (χ4v) is 7.40. The predicted molar refractivity (Wildman–Crippen MR) is 200 cm³/mol. The van der Waals surface area contributed by atoms with Crippen LogP contribution in [0.25, 0.3) is 11.0 Å². The van der Waals surface area contributed by atoms with Crippen molar-refractivity contribution in [2.24, 2.45) is 0 Å². The summed E-state index contributed by atoms with van der Waals surface area (Å²) in [6, 6.07) is 8.42. The van der Waals surface area contributed by atoms with E-state index in [1.807, 2.05) is 0 Å². The SMILES string of the molecule is CCc1cc(Nc2ncc(Br)c(Nc3ccc4nccnc4c3NS(=O)(=O)C(C)C)n2)c(OC)cc1N1CCC(N2CCN(C)CC2)CC1. The number of aromatic nitrogens is 4. The number of likely N-dealkylation sites (N-methyl/N-ethyl adjacent to an activating group) is 1. The maximum absolute atomic E-state index is 12.9. The first-order valence-corrected chi connectivity index (χ1v) is 19.1. The molecule has 0 amide bonds. The second kappa shape index (κ2) is 15.0. The van der Waals surface area contributed by atoms with Crippen LogP contribution in [0, 0.1) is 0 Å². The first kappa shape index (κ1) is 35.1. The summed E-state index contributed by atoms with van der Waals surface area (Å²) in [5.74, 6) is 1.48. The number of nitrogens with zero attached hydrogens (tertiary/aromatic N) is 7. The zero-order valence-corrected chi connectivity index (χ0v) is 31.1. The third-order valence-corrected chi connectivity index (χ3v) is 11.7. The Labute approximate surface area is 297 Å². The molecule has 13 nitrogen and oxygen atoms in total. The molecular formula is C34H45BrN10O3S. The van der Waals surface area contributed by atoms with Crippen molar-refractivity contribution in [1.29, 1.82) is 0 Å². The number of methoxy groups -OCH3 is 1. The fourth-order valence-electron chi connectivity index (χ4n) is 6.38. The molecule has 0 unspecified atom stereocenters. The van der Waals surface area contributed by atoms with Gasteiger partial charge in [0, 0.05) is 75.7 Å². The van der Waals surface area contributed by atoms with Gasteiger partial charge in [-0.2, -0.15) is 4.98 Å². The van der Waals surface area contributed by atoms with Gasteiger partial charge in [-0.05, 0) is 79.9 Å². The van der Waals surface area contributed by atoms with Crippen molar-refractivity contribution in [2.75, 3.05) is 73.7 Å². The molecule has 0 spiro atoms. The molecule has 262 valence electrons. The predicted octanol–water partition coefficient (Wildman–Crippen LogP) is 5.61. The quantitative estimate of drug-likeness (QED) is 0.176. The second-order valence-corrected chi connectivity index (χ2v) is 15.9. The normalized spacial score (nSPS) is 16.7. The standard InChI is InChI=1S/C34H45BrN10O3S/c1-6-23-19-28(30(48-5)20-29(23)45-13-9-24(10-14-45)44-17-15-43(4)16-18-44)40-34-38-21-25(35)33(41-34)39-27-8-7-26-31(37-12-11-36-26)32(27)42-49(46,47)22(2)3/h7-8,11-12,19-22,24,42H,6,9-10,13-18H2,1-5H3,(H2,38,39,40,41). The van der Waals surface area contributed by atoms with Gasteiger partial charge in [0.15, 0.2) is 0 Å². The van der Waals surface area contributed by atoms with Crippen LogP contribution in [0.4, 0.5) is 34.5 Å². The van der Waals surface area contributed by atoms with Gasteiger partial charge in [0.25, 0.3) is 0 Å². The van der Waals surface area contributed by atoms with E-state index in [9.17, 15) is 8.42 Å². The average Bonchev–Trinajstić information content (AvgIpc) is 3.10. The Balaban J connectivity index is 1.23. The first-order valence-electron chi connectivity index (χ1n) is 16.8. The second-order valence-electron chi connectivity index (χ2n) is 12.8. The van der Waals surface area contributed by atoms with Crippen molar-refractivity contribution in [3.63, 3.8) is 0 Å². The number of nitrogens with one attached hydrogen (secondary N) is 3. The van der Waals surface area contributed by atoms with Crippen molar-refractivity contribution in [3.8, 4) is 5.75 Å². The molecule has 3 N–H and O–H groups in total. The van der Waals surface area contributed by atoms with Gasteiger partial charge in [0.05, 0.1) is 39.4 Å². The van der Waals surface area contributed by atoms with E-state index in [-0.39, 0.29) is 5.69 Å². The largest absolute Gasteiger partial charge is 0.494 e. The number of fused-ring (bicyclic) bond motifs is 1. The molecule has 2 aromatic carbocycles. The van der Waals surface area contributed by atoms with E-state index < -0.39 is 15.3 Å². The summed E-state index contributed by atoms with van der Waals surface area (Å²) in [5, 5.41) is 5.98. The van der Waals surface area contributed by atoms with Crippen molar-refractivity contribution in [3.05, 3.63) is 52.9 Å². The van der Waals surface area contributed by atoms with Gasteiger partial charge < -0.3 is 25.2 Å². The van der Waals surface area contributed by atoms with Crippen LogP contribution in [0.15, 0.2) is 47.3 Å². The third-order valence-electron chi connectivity index (χ3n) is 9.39. The number of piperazine rings is 1. The molecule has 0 aliphatic carbocycles. The molecular weight excluding hydrogens is 708 g/mol. The van der Waals surface area contributed by atoms with Gasteiger partial charge in [-0.25, -0.2) is 13.4 Å². The van der Waals surface area contributed by atoms with E-state index in [0.29, 0.717) is 44.8 Å². The number of ether oxygens (including phenoxy) is 1. The molecule has 2 aliphatic heterocycles. The van der Waals surface area contributed by atoms with Crippen LogP contribution in [0.5, 0.6) is 5.75 Å². The Bertz CT molecular complexity index is 1900. The molecule has 2 aliphatic rings. The molecule has 0 atom stereocenters. The van der Waals surface area contributed by atoms with Gasteiger partial charge in [0.1, 0.15) is 17.1 Å². The zero-order chi connectivity index (χ0) is 34.7. The van der Waals surface area contributed by atoms with Crippen molar-refractivity contribution in [1.82, 2.24) is 29.7 Å². The maximum atomic E-state index is 12.9. The lowest BCUT2D eigenvalue weighted by molar-refractivity contribution is 0.0982. The molecule has 49 heavy (non-hydrogen) atoms. The van der Waals surface area contributed by atoms with E-state index in [0.717, 1.165) is 64.2 Å². The smallest absolute Gasteiger partial charge is 0.235 e. The minimum Gasteiger partial charge on any atom is -0.494 e. The van der Waals surface area contributed by atoms with Crippen molar-refractivity contribution < 1.29 is 13.2 Å². The van der Waals surface area contributed by atoms with E-state index in [1.54, 1.807) is 45.5 Å². The number of sulfonamides is 1. The average molecular weight is 754 g/mol. The van der Waals surface area contributed by atoms with Crippen LogP contribution in [0.2, 0.25) is 0 Å². The highest BCUT2D eigenvalue weighted by Crippen LogP contribution is 2.38. The minimum atomic E-state index is -3.69. The monoisotopic (exact) mass is 752 g/mol. The van der Waals surface area contributed by atoms with Gasteiger partial charge >= 0.3 is 0 Å². The highest BCUT2D eigenvalue weighted by molar-refractivity contribution is 9.10. The lowest BCUT2D eigenvalue weighted by Crippen LogP contribution is -2.52. The summed E-state index contributed by atoms with van der Waals surface area (Å²) in [4.78, 5) is 25.6. The third kappa shape index (κ3) is 7.84. The Kier molecular flexibility index (Phi) is 10.7. The van der Waals surface area contributed by atoms with Crippen LogP contribution in [0.3, 0.4) is 0 Å². The lowest BCUT2D eigenvalue weighted by Gasteiger charge is -2.43. The Morgan fingerprint density at radius 1 is 0.980 bits per heavy atom. The number of hydrogen-bond acceptors (Lipinski definition) is 12. The Morgan fingerprint density at radius 3 is 2.41 bits per heavy atom. The van der Waals surface area contributed by atoms with Crippen LogP contribution in [0.1, 0.15) is 39.2 Å².